The van der Waals surface area contributed by atoms with Crippen molar-refractivity contribution in [3.63, 3.8) is 0 Å². The highest BCUT2D eigenvalue weighted by atomic mass is 14.5. The van der Waals surface area contributed by atoms with Crippen LogP contribution in [0.4, 0.5) is 0 Å². The lowest BCUT2D eigenvalue weighted by Gasteiger charge is -1.96. The molecular weight excluding hydrogens is 146 g/mol. The van der Waals surface area contributed by atoms with Crippen LogP contribution in [-0.4, -0.2) is 6.54 Å². The first kappa shape index (κ1) is 9.01. The van der Waals surface area contributed by atoms with Crippen molar-refractivity contribution in [2.24, 2.45) is 5.73 Å². The van der Waals surface area contributed by atoms with E-state index in [-0.39, 0.29) is 0 Å². The normalized spacial score (nSPS) is 10.8. The average Bonchev–Trinajstić information content (AvgIpc) is 2.15. The summed E-state index contributed by atoms with van der Waals surface area (Å²) in [5, 5.41) is 0. The molecule has 64 valence electrons. The molecule has 12 heavy (non-hydrogen) atoms. The van der Waals surface area contributed by atoms with Gasteiger partial charge in [-0.05, 0) is 17.5 Å². The molecule has 0 aromatic heterocycles. The largest absolute Gasteiger partial charge is 0.327 e. The van der Waals surface area contributed by atoms with E-state index in [4.69, 9.17) is 5.73 Å². The lowest BCUT2D eigenvalue weighted by atomic mass is 10.1. The molecule has 0 radical (unpaired) electrons. The van der Waals surface area contributed by atoms with Crippen molar-refractivity contribution >= 4 is 6.08 Å². The van der Waals surface area contributed by atoms with Crippen LogP contribution in [0.1, 0.15) is 18.1 Å². The van der Waals surface area contributed by atoms with Crippen LogP contribution in [0.3, 0.4) is 0 Å². The fourth-order valence-corrected chi connectivity index (χ4v) is 1.07. The number of rotatable bonds is 3. The van der Waals surface area contributed by atoms with Gasteiger partial charge in [0.25, 0.3) is 0 Å². The highest BCUT2D eigenvalue weighted by Crippen LogP contribution is 2.06. The number of hydrogen-bond acceptors (Lipinski definition) is 1. The van der Waals surface area contributed by atoms with E-state index >= 15 is 0 Å². The van der Waals surface area contributed by atoms with Gasteiger partial charge in [0.15, 0.2) is 0 Å². The van der Waals surface area contributed by atoms with Crippen molar-refractivity contribution in [3.8, 4) is 0 Å². The molecule has 0 aliphatic heterocycles. The van der Waals surface area contributed by atoms with Crippen molar-refractivity contribution < 1.29 is 0 Å². The SMILES string of the molecule is CCc1ccc(C=CCN)cc1. The molecule has 1 rings (SSSR count). The fourth-order valence-electron chi connectivity index (χ4n) is 1.07. The summed E-state index contributed by atoms with van der Waals surface area (Å²) in [6.45, 7) is 2.76. The number of benzene rings is 1. The third-order valence-corrected chi connectivity index (χ3v) is 1.83. The summed E-state index contributed by atoms with van der Waals surface area (Å²) in [5.41, 5.74) is 7.94. The zero-order valence-corrected chi connectivity index (χ0v) is 7.46. The van der Waals surface area contributed by atoms with Crippen LogP contribution < -0.4 is 5.73 Å². The lowest BCUT2D eigenvalue weighted by molar-refractivity contribution is 1.14. The monoisotopic (exact) mass is 161 g/mol. The zero-order valence-electron chi connectivity index (χ0n) is 7.46. The summed E-state index contributed by atoms with van der Waals surface area (Å²) in [7, 11) is 0. The lowest BCUT2D eigenvalue weighted by Crippen LogP contribution is -1.91. The molecule has 1 aromatic rings. The predicted molar refractivity (Wildman–Crippen MR) is 53.9 cm³/mol. The first-order valence-corrected chi connectivity index (χ1v) is 4.32. The minimum absolute atomic E-state index is 0.607. The van der Waals surface area contributed by atoms with E-state index in [0.29, 0.717) is 6.54 Å². The van der Waals surface area contributed by atoms with Gasteiger partial charge < -0.3 is 5.73 Å². The van der Waals surface area contributed by atoms with Gasteiger partial charge in [0.1, 0.15) is 0 Å². The maximum absolute atomic E-state index is 5.35. The maximum Gasteiger partial charge on any atom is 0.0110 e. The molecule has 0 fully saturated rings. The van der Waals surface area contributed by atoms with E-state index in [2.05, 4.69) is 31.2 Å². The van der Waals surface area contributed by atoms with Crippen molar-refractivity contribution in [2.75, 3.05) is 6.54 Å². The summed E-state index contributed by atoms with van der Waals surface area (Å²) in [6, 6.07) is 8.53. The Kier molecular flexibility index (Phi) is 3.55. The van der Waals surface area contributed by atoms with Gasteiger partial charge in [0.05, 0.1) is 0 Å². The van der Waals surface area contributed by atoms with Crippen LogP contribution in [0.25, 0.3) is 6.08 Å². The standard InChI is InChI=1S/C11H15N/c1-2-10-5-7-11(8-6-10)4-3-9-12/h3-8H,2,9,12H2,1H3. The van der Waals surface area contributed by atoms with Crippen molar-refractivity contribution in [1.29, 1.82) is 0 Å². The molecule has 0 heterocycles. The molecular formula is C11H15N. The second kappa shape index (κ2) is 4.73. The Morgan fingerprint density at radius 2 is 1.92 bits per heavy atom. The first-order chi connectivity index (χ1) is 5.86. The van der Waals surface area contributed by atoms with E-state index in [1.54, 1.807) is 0 Å². The Labute approximate surface area is 73.9 Å². The summed E-state index contributed by atoms with van der Waals surface area (Å²) < 4.78 is 0. The molecule has 0 aliphatic rings. The minimum atomic E-state index is 0.607. The smallest absolute Gasteiger partial charge is 0.0110 e. The van der Waals surface area contributed by atoms with Gasteiger partial charge in [-0.15, -0.1) is 0 Å². The van der Waals surface area contributed by atoms with Gasteiger partial charge in [-0.1, -0.05) is 43.3 Å². The van der Waals surface area contributed by atoms with Crippen LogP contribution in [-0.2, 0) is 6.42 Å². The van der Waals surface area contributed by atoms with Gasteiger partial charge in [-0.25, -0.2) is 0 Å². The first-order valence-electron chi connectivity index (χ1n) is 4.32. The average molecular weight is 161 g/mol. The zero-order chi connectivity index (χ0) is 8.81. The molecule has 1 nitrogen and oxygen atoms in total. The molecule has 0 bridgehead atoms. The quantitative estimate of drug-likeness (QED) is 0.722. The fraction of sp³-hybridized carbons (Fsp3) is 0.273. The van der Waals surface area contributed by atoms with Crippen LogP contribution in [0, 0.1) is 0 Å². The number of hydrogen-bond donors (Lipinski definition) is 1. The van der Waals surface area contributed by atoms with Gasteiger partial charge >= 0.3 is 0 Å². The Morgan fingerprint density at radius 3 is 2.42 bits per heavy atom. The highest BCUT2D eigenvalue weighted by Gasteiger charge is 1.87. The summed E-state index contributed by atoms with van der Waals surface area (Å²) in [6.07, 6.45) is 5.10. The van der Waals surface area contributed by atoms with Crippen LogP contribution in [0.5, 0.6) is 0 Å². The molecule has 1 aromatic carbocycles. The van der Waals surface area contributed by atoms with E-state index in [1.807, 2.05) is 12.2 Å². The highest BCUT2D eigenvalue weighted by molar-refractivity contribution is 5.49. The molecule has 0 saturated carbocycles. The summed E-state index contributed by atoms with van der Waals surface area (Å²) in [5.74, 6) is 0. The number of nitrogens with two attached hydrogens (primary N) is 1. The molecule has 0 amide bonds. The van der Waals surface area contributed by atoms with Crippen molar-refractivity contribution in [3.05, 3.63) is 41.5 Å². The van der Waals surface area contributed by atoms with E-state index in [9.17, 15) is 0 Å². The molecule has 0 saturated heterocycles. The van der Waals surface area contributed by atoms with E-state index < -0.39 is 0 Å². The van der Waals surface area contributed by atoms with Gasteiger partial charge in [0.2, 0.25) is 0 Å². The summed E-state index contributed by atoms with van der Waals surface area (Å²) in [4.78, 5) is 0. The molecule has 1 heteroatoms. The maximum atomic E-state index is 5.35. The third kappa shape index (κ3) is 2.51. The second-order valence-electron chi connectivity index (χ2n) is 2.73. The van der Waals surface area contributed by atoms with Crippen LogP contribution in [0.2, 0.25) is 0 Å². The Hall–Kier alpha value is -1.08. The van der Waals surface area contributed by atoms with Crippen molar-refractivity contribution in [1.82, 2.24) is 0 Å². The van der Waals surface area contributed by atoms with Crippen LogP contribution >= 0.6 is 0 Å². The van der Waals surface area contributed by atoms with Gasteiger partial charge in [0, 0.05) is 6.54 Å². The molecule has 2 N–H and O–H groups in total. The van der Waals surface area contributed by atoms with Crippen molar-refractivity contribution in [2.45, 2.75) is 13.3 Å². The summed E-state index contributed by atoms with van der Waals surface area (Å²) >= 11 is 0. The molecule has 0 aliphatic carbocycles. The molecule has 0 spiro atoms. The topological polar surface area (TPSA) is 26.0 Å². The Bertz CT molecular complexity index is 246. The Balaban J connectivity index is 2.71. The van der Waals surface area contributed by atoms with Crippen LogP contribution in [0.15, 0.2) is 30.3 Å². The Morgan fingerprint density at radius 1 is 1.25 bits per heavy atom. The number of aryl methyl sites for hydroxylation is 1. The molecule has 0 unspecified atom stereocenters. The third-order valence-electron chi connectivity index (χ3n) is 1.83. The van der Waals surface area contributed by atoms with Gasteiger partial charge in [-0.2, -0.15) is 0 Å². The van der Waals surface area contributed by atoms with E-state index in [1.165, 1.54) is 11.1 Å². The second-order valence-corrected chi connectivity index (χ2v) is 2.73. The molecule has 0 atom stereocenters. The minimum Gasteiger partial charge on any atom is -0.327 e. The van der Waals surface area contributed by atoms with Gasteiger partial charge in [-0.3, -0.25) is 0 Å². The van der Waals surface area contributed by atoms with E-state index in [0.717, 1.165) is 6.42 Å². The predicted octanol–water partition coefficient (Wildman–Crippen LogP) is 2.22.